The van der Waals surface area contributed by atoms with Crippen LogP contribution in [0, 0.1) is 0 Å². The van der Waals surface area contributed by atoms with E-state index in [1.54, 1.807) is 10.9 Å². The first-order chi connectivity index (χ1) is 14.9. The van der Waals surface area contributed by atoms with Crippen molar-refractivity contribution in [2.45, 2.75) is 58.1 Å². The first kappa shape index (κ1) is 22.7. The van der Waals surface area contributed by atoms with Crippen LogP contribution in [0.4, 0.5) is 0 Å². The second-order valence-corrected chi connectivity index (χ2v) is 7.45. The van der Waals surface area contributed by atoms with Crippen molar-refractivity contribution in [1.29, 1.82) is 0 Å². The molecule has 1 aliphatic rings. The van der Waals surface area contributed by atoms with E-state index in [2.05, 4.69) is 15.6 Å². The maximum atomic E-state index is 11.5. The fourth-order valence-corrected chi connectivity index (χ4v) is 3.43. The van der Waals surface area contributed by atoms with Crippen LogP contribution in [0.2, 0.25) is 0 Å². The third-order valence-electron chi connectivity index (χ3n) is 4.80. The van der Waals surface area contributed by atoms with Gasteiger partial charge in [0.15, 0.2) is 6.10 Å². The number of nitrogens with one attached hydrogen (secondary N) is 1. The number of benzene rings is 1. The van der Waals surface area contributed by atoms with Crippen molar-refractivity contribution in [3.63, 3.8) is 0 Å². The molecule has 2 heterocycles. The van der Waals surface area contributed by atoms with E-state index in [4.69, 9.17) is 14.2 Å². The zero-order valence-corrected chi connectivity index (χ0v) is 17.9. The van der Waals surface area contributed by atoms with Crippen LogP contribution in [0.15, 0.2) is 30.5 Å². The molecule has 0 bridgehead atoms. The van der Waals surface area contributed by atoms with Crippen LogP contribution in [-0.4, -0.2) is 69.5 Å². The number of carbonyl (C=O) groups is 2. The molecule has 1 fully saturated rings. The molecule has 10 heteroatoms. The molecule has 1 saturated heterocycles. The van der Waals surface area contributed by atoms with Crippen molar-refractivity contribution in [1.82, 2.24) is 20.3 Å². The van der Waals surface area contributed by atoms with Gasteiger partial charge in [-0.3, -0.25) is 9.59 Å². The van der Waals surface area contributed by atoms with E-state index in [1.165, 1.54) is 13.8 Å². The van der Waals surface area contributed by atoms with Gasteiger partial charge in [0.2, 0.25) is 5.91 Å². The lowest BCUT2D eigenvalue weighted by Crippen LogP contribution is -2.61. The molecule has 1 amide bonds. The second kappa shape index (κ2) is 10.4. The number of esters is 1. The Morgan fingerprint density at radius 2 is 2.16 bits per heavy atom. The molecule has 4 atom stereocenters. The largest absolute Gasteiger partial charge is 0.494 e. The van der Waals surface area contributed by atoms with Gasteiger partial charge in [-0.25, -0.2) is 4.68 Å². The normalized spacial score (nSPS) is 23.2. The number of aliphatic hydroxyl groups is 1. The highest BCUT2D eigenvalue weighted by Gasteiger charge is 2.42. The fourth-order valence-electron chi connectivity index (χ4n) is 3.43. The van der Waals surface area contributed by atoms with Gasteiger partial charge in [0.05, 0.1) is 32.0 Å². The number of rotatable bonds is 8. The molecule has 0 radical (unpaired) electrons. The molecule has 168 valence electrons. The molecular formula is C21H28N4O6. The van der Waals surface area contributed by atoms with Crippen molar-refractivity contribution in [2.75, 3.05) is 13.2 Å². The maximum Gasteiger partial charge on any atom is 0.303 e. The molecule has 0 aliphatic carbocycles. The highest BCUT2D eigenvalue weighted by Crippen LogP contribution is 2.24. The van der Waals surface area contributed by atoms with Crippen LogP contribution in [-0.2, 0) is 25.6 Å². The topological polar surface area (TPSA) is 125 Å². The standard InChI is InChI=1S/C21H28N4O6/c1-4-8-29-16-7-5-6-15(9-16)17-10-25(24-23-17)11-19-20(28)21(31-14(3)27)18(12-30-19)22-13(2)26/h5-7,9-10,18-21,28H,4,8,11-12H2,1-3H3,(H,22,26)/t18-,19?,20?,21?/m1/s1. The number of ether oxygens (including phenoxy) is 3. The lowest BCUT2D eigenvalue weighted by atomic mass is 9.97. The van der Waals surface area contributed by atoms with Gasteiger partial charge in [-0.1, -0.05) is 24.3 Å². The van der Waals surface area contributed by atoms with Gasteiger partial charge in [0.25, 0.3) is 0 Å². The Morgan fingerprint density at radius 1 is 1.35 bits per heavy atom. The first-order valence-corrected chi connectivity index (χ1v) is 10.2. The predicted molar refractivity (Wildman–Crippen MR) is 110 cm³/mol. The molecule has 10 nitrogen and oxygen atoms in total. The summed E-state index contributed by atoms with van der Waals surface area (Å²) in [5, 5.41) is 21.7. The van der Waals surface area contributed by atoms with Crippen molar-refractivity contribution >= 4 is 11.9 Å². The minimum Gasteiger partial charge on any atom is -0.494 e. The summed E-state index contributed by atoms with van der Waals surface area (Å²) in [6.07, 6.45) is -0.0941. The lowest BCUT2D eigenvalue weighted by Gasteiger charge is -2.39. The smallest absolute Gasteiger partial charge is 0.303 e. The maximum absolute atomic E-state index is 11.5. The molecule has 1 aromatic heterocycles. The molecule has 1 aromatic carbocycles. The highest BCUT2D eigenvalue weighted by molar-refractivity contribution is 5.73. The Kier molecular flexibility index (Phi) is 7.59. The van der Waals surface area contributed by atoms with E-state index in [0.717, 1.165) is 17.7 Å². The van der Waals surface area contributed by atoms with E-state index >= 15 is 0 Å². The lowest BCUT2D eigenvalue weighted by molar-refractivity contribution is -0.186. The number of aromatic nitrogens is 3. The molecule has 3 rings (SSSR count). The number of aliphatic hydroxyl groups excluding tert-OH is 1. The average molecular weight is 432 g/mol. The minimum atomic E-state index is -1.15. The van der Waals surface area contributed by atoms with Gasteiger partial charge in [-0.2, -0.15) is 0 Å². The van der Waals surface area contributed by atoms with Crippen LogP contribution in [0.5, 0.6) is 5.75 Å². The summed E-state index contributed by atoms with van der Waals surface area (Å²) < 4.78 is 18.2. The monoisotopic (exact) mass is 432 g/mol. The van der Waals surface area contributed by atoms with Crippen molar-refractivity contribution in [3.8, 4) is 17.0 Å². The van der Waals surface area contributed by atoms with Crippen molar-refractivity contribution in [2.24, 2.45) is 0 Å². The van der Waals surface area contributed by atoms with E-state index in [1.807, 2.05) is 31.2 Å². The molecule has 0 saturated carbocycles. The van der Waals surface area contributed by atoms with Crippen molar-refractivity contribution in [3.05, 3.63) is 30.5 Å². The predicted octanol–water partition coefficient (Wildman–Crippen LogP) is 0.930. The summed E-state index contributed by atoms with van der Waals surface area (Å²) in [5.74, 6) is -0.0936. The first-order valence-electron chi connectivity index (χ1n) is 10.2. The molecule has 31 heavy (non-hydrogen) atoms. The summed E-state index contributed by atoms with van der Waals surface area (Å²) in [6.45, 7) is 5.58. The highest BCUT2D eigenvalue weighted by atomic mass is 16.6. The van der Waals surface area contributed by atoms with Crippen LogP contribution in [0.3, 0.4) is 0 Å². The van der Waals surface area contributed by atoms with Gasteiger partial charge in [0.1, 0.15) is 23.7 Å². The van der Waals surface area contributed by atoms with E-state index in [9.17, 15) is 14.7 Å². The minimum absolute atomic E-state index is 0.0949. The summed E-state index contributed by atoms with van der Waals surface area (Å²) in [4.78, 5) is 22.9. The summed E-state index contributed by atoms with van der Waals surface area (Å²) in [6, 6.07) is 6.94. The Balaban J connectivity index is 1.69. The summed E-state index contributed by atoms with van der Waals surface area (Å²) in [7, 11) is 0. The second-order valence-electron chi connectivity index (χ2n) is 7.45. The number of amides is 1. The fraction of sp³-hybridized carbons (Fsp3) is 0.524. The summed E-state index contributed by atoms with van der Waals surface area (Å²) in [5.41, 5.74) is 1.51. The molecule has 0 spiro atoms. The molecule has 2 aromatic rings. The molecule has 1 aliphatic heterocycles. The Labute approximate surface area is 180 Å². The zero-order chi connectivity index (χ0) is 22.4. The molecular weight excluding hydrogens is 404 g/mol. The van der Waals surface area contributed by atoms with Crippen molar-refractivity contribution < 1.29 is 28.9 Å². The quantitative estimate of drug-likeness (QED) is 0.590. The number of hydrogen-bond donors (Lipinski definition) is 2. The van der Waals surface area contributed by atoms with E-state index in [-0.39, 0.29) is 19.1 Å². The number of carbonyl (C=O) groups excluding carboxylic acids is 2. The van der Waals surface area contributed by atoms with Crippen LogP contribution in [0.1, 0.15) is 27.2 Å². The number of hydrogen-bond acceptors (Lipinski definition) is 8. The Hall–Kier alpha value is -2.98. The average Bonchev–Trinajstić information content (AvgIpc) is 3.19. The van der Waals surface area contributed by atoms with Gasteiger partial charge < -0.3 is 24.6 Å². The van der Waals surface area contributed by atoms with Gasteiger partial charge >= 0.3 is 5.97 Å². The third-order valence-corrected chi connectivity index (χ3v) is 4.80. The van der Waals surface area contributed by atoms with Gasteiger partial charge in [-0.15, -0.1) is 5.10 Å². The van der Waals surface area contributed by atoms with E-state index < -0.39 is 30.3 Å². The Bertz CT molecular complexity index is 902. The van der Waals surface area contributed by atoms with Gasteiger partial charge in [0, 0.05) is 19.4 Å². The SMILES string of the molecule is CCCOc1cccc(-c2cn(CC3OC[C@@H](NC(C)=O)C(OC(C)=O)C3O)nn2)c1. The summed E-state index contributed by atoms with van der Waals surface area (Å²) >= 11 is 0. The zero-order valence-electron chi connectivity index (χ0n) is 17.9. The third kappa shape index (κ3) is 6.02. The van der Waals surface area contributed by atoms with Crippen LogP contribution < -0.4 is 10.1 Å². The Morgan fingerprint density at radius 3 is 2.87 bits per heavy atom. The number of nitrogens with zero attached hydrogens (tertiary/aromatic N) is 3. The molecule has 2 N–H and O–H groups in total. The molecule has 3 unspecified atom stereocenters. The van der Waals surface area contributed by atoms with Crippen LogP contribution in [0.25, 0.3) is 11.3 Å². The van der Waals surface area contributed by atoms with Gasteiger partial charge in [-0.05, 0) is 18.6 Å². The van der Waals surface area contributed by atoms with Crippen LogP contribution >= 0.6 is 0 Å². The van der Waals surface area contributed by atoms with E-state index in [0.29, 0.717) is 12.3 Å².